The van der Waals surface area contributed by atoms with Crippen molar-refractivity contribution in [3.05, 3.63) is 45.9 Å². The molecule has 0 aliphatic rings. The molecule has 0 spiro atoms. The van der Waals surface area contributed by atoms with Gasteiger partial charge in [-0.3, -0.25) is 0 Å². The highest BCUT2D eigenvalue weighted by Gasteiger charge is 2.03. The predicted octanol–water partition coefficient (Wildman–Crippen LogP) is 3.30. The van der Waals surface area contributed by atoms with Crippen LogP contribution >= 0.6 is 11.3 Å². The first-order chi connectivity index (χ1) is 8.69. The van der Waals surface area contributed by atoms with E-state index < -0.39 is 0 Å². The number of rotatable bonds is 5. The molecule has 0 radical (unpaired) electrons. The van der Waals surface area contributed by atoms with Crippen LogP contribution in [-0.4, -0.2) is 4.98 Å². The molecule has 96 valence electrons. The average molecular weight is 262 g/mol. The molecular formula is C14H18N2OS. The van der Waals surface area contributed by atoms with E-state index in [0.717, 1.165) is 15.6 Å². The zero-order valence-corrected chi connectivity index (χ0v) is 11.5. The van der Waals surface area contributed by atoms with E-state index in [4.69, 9.17) is 10.5 Å². The van der Waals surface area contributed by atoms with Crippen molar-refractivity contribution >= 4 is 11.3 Å². The summed E-state index contributed by atoms with van der Waals surface area (Å²) in [6.45, 7) is 5.41. The molecule has 2 N–H and O–H groups in total. The van der Waals surface area contributed by atoms with Crippen LogP contribution < -0.4 is 10.5 Å². The lowest BCUT2D eigenvalue weighted by molar-refractivity contribution is 0.305. The maximum atomic E-state index is 5.69. The van der Waals surface area contributed by atoms with Crippen LogP contribution in [0.1, 0.15) is 35.2 Å². The van der Waals surface area contributed by atoms with Crippen molar-refractivity contribution in [3.63, 3.8) is 0 Å². The van der Waals surface area contributed by atoms with E-state index in [0.29, 0.717) is 19.1 Å². The first kappa shape index (κ1) is 13.1. The number of benzene rings is 1. The molecule has 0 bridgehead atoms. The molecule has 0 atom stereocenters. The van der Waals surface area contributed by atoms with E-state index in [-0.39, 0.29) is 0 Å². The van der Waals surface area contributed by atoms with Crippen molar-refractivity contribution in [2.24, 2.45) is 5.73 Å². The van der Waals surface area contributed by atoms with Gasteiger partial charge in [0.15, 0.2) is 0 Å². The zero-order valence-electron chi connectivity index (χ0n) is 10.7. The van der Waals surface area contributed by atoms with Gasteiger partial charge in [0.25, 0.3) is 0 Å². The van der Waals surface area contributed by atoms with E-state index in [9.17, 15) is 0 Å². The normalized spacial score (nSPS) is 10.9. The summed E-state index contributed by atoms with van der Waals surface area (Å²) in [5.41, 5.74) is 6.87. The van der Waals surface area contributed by atoms with Crippen molar-refractivity contribution in [2.45, 2.75) is 32.9 Å². The van der Waals surface area contributed by atoms with E-state index in [1.807, 2.05) is 18.3 Å². The fourth-order valence-electron chi connectivity index (χ4n) is 1.60. The lowest BCUT2D eigenvalue weighted by Gasteiger charge is -2.07. The summed E-state index contributed by atoms with van der Waals surface area (Å²) in [7, 11) is 0. The molecule has 18 heavy (non-hydrogen) atoms. The van der Waals surface area contributed by atoms with Crippen LogP contribution in [0.5, 0.6) is 5.75 Å². The molecule has 0 aliphatic heterocycles. The molecule has 0 amide bonds. The molecule has 2 rings (SSSR count). The second-order valence-electron chi connectivity index (χ2n) is 4.44. The average Bonchev–Trinajstić information content (AvgIpc) is 2.85. The summed E-state index contributed by atoms with van der Waals surface area (Å²) < 4.78 is 5.69. The van der Waals surface area contributed by atoms with Gasteiger partial charge in [0.05, 0.1) is 0 Å². The van der Waals surface area contributed by atoms with Gasteiger partial charge in [-0.15, -0.1) is 11.3 Å². The van der Waals surface area contributed by atoms with E-state index in [1.165, 1.54) is 5.56 Å². The smallest absolute Gasteiger partial charge is 0.140 e. The van der Waals surface area contributed by atoms with Gasteiger partial charge in [-0.25, -0.2) is 4.98 Å². The van der Waals surface area contributed by atoms with Crippen LogP contribution in [0.4, 0.5) is 0 Å². The van der Waals surface area contributed by atoms with Crippen molar-refractivity contribution in [1.82, 2.24) is 4.98 Å². The van der Waals surface area contributed by atoms with E-state index in [1.54, 1.807) is 11.3 Å². The minimum Gasteiger partial charge on any atom is -0.486 e. The number of ether oxygens (including phenoxy) is 1. The Morgan fingerprint density at radius 2 is 2.00 bits per heavy atom. The van der Waals surface area contributed by atoms with Crippen LogP contribution in [0, 0.1) is 0 Å². The third-order valence-electron chi connectivity index (χ3n) is 2.71. The van der Waals surface area contributed by atoms with Gasteiger partial charge in [-0.1, -0.05) is 26.0 Å². The Morgan fingerprint density at radius 1 is 1.28 bits per heavy atom. The third-order valence-corrected chi connectivity index (χ3v) is 3.70. The minimum atomic E-state index is 0.506. The molecule has 0 aliphatic carbocycles. The van der Waals surface area contributed by atoms with Crippen molar-refractivity contribution in [1.29, 1.82) is 0 Å². The van der Waals surface area contributed by atoms with Crippen LogP contribution in [0.2, 0.25) is 0 Å². The SMILES string of the molecule is CC(C)c1ccc(OCc2ncc(CN)s2)cc1. The molecule has 4 heteroatoms. The Morgan fingerprint density at radius 3 is 2.56 bits per heavy atom. The van der Waals surface area contributed by atoms with Crippen LogP contribution in [0.25, 0.3) is 0 Å². The van der Waals surface area contributed by atoms with Gasteiger partial charge < -0.3 is 10.5 Å². The number of nitrogens with two attached hydrogens (primary N) is 1. The van der Waals surface area contributed by atoms with E-state index >= 15 is 0 Å². The molecule has 0 saturated heterocycles. The summed E-state index contributed by atoms with van der Waals surface area (Å²) >= 11 is 1.60. The second-order valence-corrected chi connectivity index (χ2v) is 5.64. The Kier molecular flexibility index (Phi) is 4.33. The van der Waals surface area contributed by atoms with Gasteiger partial charge in [0.1, 0.15) is 17.4 Å². The van der Waals surface area contributed by atoms with Gasteiger partial charge >= 0.3 is 0 Å². The molecule has 1 aromatic heterocycles. The van der Waals surface area contributed by atoms with E-state index in [2.05, 4.69) is 31.0 Å². The zero-order chi connectivity index (χ0) is 13.0. The summed E-state index contributed by atoms with van der Waals surface area (Å²) in [6, 6.07) is 8.22. The highest BCUT2D eigenvalue weighted by Crippen LogP contribution is 2.20. The molecule has 0 unspecified atom stereocenters. The molecule has 2 aromatic rings. The second kappa shape index (κ2) is 5.98. The Labute approximate surface area is 112 Å². The molecule has 1 heterocycles. The number of thiazole rings is 1. The molecule has 0 fully saturated rings. The highest BCUT2D eigenvalue weighted by atomic mass is 32.1. The molecule has 1 aromatic carbocycles. The Bertz CT molecular complexity index is 491. The maximum absolute atomic E-state index is 5.69. The summed E-state index contributed by atoms with van der Waals surface area (Å²) in [5.74, 6) is 1.43. The maximum Gasteiger partial charge on any atom is 0.140 e. The lowest BCUT2D eigenvalue weighted by atomic mass is 10.0. The number of hydrogen-bond acceptors (Lipinski definition) is 4. The van der Waals surface area contributed by atoms with Crippen molar-refractivity contribution in [3.8, 4) is 5.75 Å². The summed E-state index contributed by atoms with van der Waals surface area (Å²) in [5, 5.41) is 0.961. The monoisotopic (exact) mass is 262 g/mol. The Hall–Kier alpha value is -1.39. The summed E-state index contributed by atoms with van der Waals surface area (Å²) in [6.07, 6.45) is 1.81. The predicted molar refractivity (Wildman–Crippen MR) is 74.9 cm³/mol. The highest BCUT2D eigenvalue weighted by molar-refractivity contribution is 7.11. The first-order valence-corrected chi connectivity index (χ1v) is 6.87. The minimum absolute atomic E-state index is 0.506. The van der Waals surface area contributed by atoms with Crippen LogP contribution in [0.15, 0.2) is 30.5 Å². The first-order valence-electron chi connectivity index (χ1n) is 6.05. The topological polar surface area (TPSA) is 48.1 Å². The van der Waals surface area contributed by atoms with Crippen LogP contribution in [-0.2, 0) is 13.2 Å². The number of nitrogens with zero attached hydrogens (tertiary/aromatic N) is 1. The number of aromatic nitrogens is 1. The Balaban J connectivity index is 1.93. The fraction of sp³-hybridized carbons (Fsp3) is 0.357. The third kappa shape index (κ3) is 3.31. The van der Waals surface area contributed by atoms with Gasteiger partial charge in [0.2, 0.25) is 0 Å². The molecule has 3 nitrogen and oxygen atoms in total. The quantitative estimate of drug-likeness (QED) is 0.899. The van der Waals surface area contributed by atoms with Gasteiger partial charge in [-0.05, 0) is 23.6 Å². The van der Waals surface area contributed by atoms with Crippen LogP contribution in [0.3, 0.4) is 0 Å². The standard InChI is InChI=1S/C14H18N2OS/c1-10(2)11-3-5-12(6-4-11)17-9-14-16-8-13(7-15)18-14/h3-6,8,10H,7,9,15H2,1-2H3. The fourth-order valence-corrected chi connectivity index (χ4v) is 2.32. The van der Waals surface area contributed by atoms with Crippen molar-refractivity contribution < 1.29 is 4.74 Å². The number of hydrogen-bond donors (Lipinski definition) is 1. The molecular weight excluding hydrogens is 244 g/mol. The van der Waals surface area contributed by atoms with Crippen molar-refractivity contribution in [2.75, 3.05) is 0 Å². The molecule has 0 saturated carbocycles. The summed E-state index contributed by atoms with van der Waals surface area (Å²) in [4.78, 5) is 5.35. The lowest BCUT2D eigenvalue weighted by Crippen LogP contribution is -1.95. The van der Waals surface area contributed by atoms with Gasteiger partial charge in [-0.2, -0.15) is 0 Å². The largest absolute Gasteiger partial charge is 0.486 e. The van der Waals surface area contributed by atoms with Gasteiger partial charge in [0, 0.05) is 17.6 Å².